The zero-order valence-corrected chi connectivity index (χ0v) is 9.19. The number of amides is 1. The molecular weight excluding hydrogens is 192 g/mol. The van der Waals surface area contributed by atoms with Crippen molar-refractivity contribution in [2.24, 2.45) is 5.84 Å². The van der Waals surface area contributed by atoms with E-state index in [2.05, 4.69) is 10.4 Å². The molecule has 0 aromatic carbocycles. The van der Waals surface area contributed by atoms with E-state index in [-0.39, 0.29) is 11.9 Å². The first-order valence-electron chi connectivity index (χ1n) is 4.77. The minimum atomic E-state index is -0.109. The maximum absolute atomic E-state index is 11.8. The number of hydrogen-bond donors (Lipinski definition) is 2. The predicted molar refractivity (Wildman–Crippen MR) is 59.3 cm³/mol. The van der Waals surface area contributed by atoms with Crippen LogP contribution in [0.25, 0.3) is 0 Å². The lowest BCUT2D eigenvalue weighted by atomic mass is 10.2. The van der Waals surface area contributed by atoms with Crippen molar-refractivity contribution in [3.8, 4) is 0 Å². The maximum Gasteiger partial charge on any atom is 0.272 e. The Morgan fingerprint density at radius 2 is 2.20 bits per heavy atom. The monoisotopic (exact) mass is 208 g/mol. The van der Waals surface area contributed by atoms with E-state index in [0.29, 0.717) is 11.5 Å². The third-order valence-electron chi connectivity index (χ3n) is 2.21. The highest BCUT2D eigenvalue weighted by Gasteiger charge is 2.15. The average Bonchev–Trinajstić information content (AvgIpc) is 2.27. The van der Waals surface area contributed by atoms with Crippen molar-refractivity contribution in [2.45, 2.75) is 19.9 Å². The van der Waals surface area contributed by atoms with Crippen LogP contribution in [0.2, 0.25) is 0 Å². The van der Waals surface area contributed by atoms with Gasteiger partial charge in [-0.2, -0.15) is 0 Å². The molecule has 5 nitrogen and oxygen atoms in total. The molecule has 5 heteroatoms. The second-order valence-corrected chi connectivity index (χ2v) is 3.56. The molecule has 1 aromatic rings. The van der Waals surface area contributed by atoms with Gasteiger partial charge in [-0.1, -0.05) is 6.07 Å². The van der Waals surface area contributed by atoms with Gasteiger partial charge < -0.3 is 10.3 Å². The smallest absolute Gasteiger partial charge is 0.272 e. The van der Waals surface area contributed by atoms with Crippen LogP contribution < -0.4 is 11.3 Å². The van der Waals surface area contributed by atoms with Gasteiger partial charge in [0.05, 0.1) is 0 Å². The molecule has 0 saturated heterocycles. The van der Waals surface area contributed by atoms with Crippen molar-refractivity contribution in [1.82, 2.24) is 9.88 Å². The lowest BCUT2D eigenvalue weighted by Crippen LogP contribution is -2.33. The number of hydrazine groups is 1. The van der Waals surface area contributed by atoms with Crippen molar-refractivity contribution in [1.29, 1.82) is 0 Å². The number of nitrogens with one attached hydrogen (secondary N) is 1. The highest BCUT2D eigenvalue weighted by molar-refractivity contribution is 5.92. The molecule has 1 amide bonds. The Morgan fingerprint density at radius 3 is 2.73 bits per heavy atom. The second kappa shape index (κ2) is 4.75. The Labute approximate surface area is 89.3 Å². The van der Waals surface area contributed by atoms with Gasteiger partial charge >= 0.3 is 0 Å². The Bertz CT molecular complexity index is 351. The molecule has 0 saturated carbocycles. The summed E-state index contributed by atoms with van der Waals surface area (Å²) in [5.74, 6) is 5.59. The zero-order chi connectivity index (χ0) is 11.4. The number of nitrogen functional groups attached to an aromatic ring is 1. The fourth-order valence-electron chi connectivity index (χ4n) is 1.05. The van der Waals surface area contributed by atoms with Crippen molar-refractivity contribution in [2.75, 3.05) is 12.5 Å². The van der Waals surface area contributed by atoms with Crippen LogP contribution in [-0.4, -0.2) is 28.9 Å². The molecule has 3 N–H and O–H groups in total. The normalized spacial score (nSPS) is 10.2. The number of nitrogens with zero attached hydrogens (tertiary/aromatic N) is 2. The first kappa shape index (κ1) is 11.5. The van der Waals surface area contributed by atoms with Crippen LogP contribution in [0.5, 0.6) is 0 Å². The molecular formula is C10H16N4O. The van der Waals surface area contributed by atoms with Gasteiger partial charge in [0.15, 0.2) is 0 Å². The molecule has 82 valence electrons. The van der Waals surface area contributed by atoms with E-state index < -0.39 is 0 Å². The SMILES string of the molecule is CC(C)N(C)C(=O)c1cccc(NN)n1. The van der Waals surface area contributed by atoms with E-state index in [0.717, 1.165) is 0 Å². The highest BCUT2D eigenvalue weighted by Crippen LogP contribution is 2.07. The average molecular weight is 208 g/mol. The van der Waals surface area contributed by atoms with Crippen LogP contribution in [-0.2, 0) is 0 Å². The van der Waals surface area contributed by atoms with Crippen LogP contribution in [0, 0.1) is 0 Å². The first-order chi connectivity index (χ1) is 7.06. The molecule has 1 heterocycles. The van der Waals surface area contributed by atoms with Gasteiger partial charge in [0, 0.05) is 13.1 Å². The van der Waals surface area contributed by atoms with Gasteiger partial charge in [-0.15, -0.1) is 0 Å². The van der Waals surface area contributed by atoms with Crippen molar-refractivity contribution in [3.05, 3.63) is 23.9 Å². The van der Waals surface area contributed by atoms with Gasteiger partial charge in [-0.25, -0.2) is 10.8 Å². The Kier molecular flexibility index (Phi) is 3.62. The molecule has 0 atom stereocenters. The van der Waals surface area contributed by atoms with Gasteiger partial charge in [0.25, 0.3) is 5.91 Å². The molecule has 0 unspecified atom stereocenters. The number of rotatable bonds is 3. The number of aromatic nitrogens is 1. The molecule has 0 aliphatic heterocycles. The summed E-state index contributed by atoms with van der Waals surface area (Å²) in [5.41, 5.74) is 2.80. The summed E-state index contributed by atoms with van der Waals surface area (Å²) in [6.45, 7) is 3.89. The molecule has 0 aliphatic rings. The largest absolute Gasteiger partial charge is 0.338 e. The van der Waals surface area contributed by atoms with Crippen LogP contribution in [0.3, 0.4) is 0 Å². The number of pyridine rings is 1. The standard InChI is InChI=1S/C10H16N4O/c1-7(2)14(3)10(15)8-5-4-6-9(12-8)13-11/h4-7H,11H2,1-3H3,(H,12,13). The lowest BCUT2D eigenvalue weighted by Gasteiger charge is -2.20. The quantitative estimate of drug-likeness (QED) is 0.570. The summed E-state index contributed by atoms with van der Waals surface area (Å²) in [4.78, 5) is 17.5. The summed E-state index contributed by atoms with van der Waals surface area (Å²) in [6, 6.07) is 5.26. The van der Waals surface area contributed by atoms with E-state index in [9.17, 15) is 4.79 Å². The van der Waals surface area contributed by atoms with E-state index in [1.807, 2.05) is 13.8 Å². The zero-order valence-electron chi connectivity index (χ0n) is 9.19. The van der Waals surface area contributed by atoms with Crippen molar-refractivity contribution in [3.63, 3.8) is 0 Å². The molecule has 0 spiro atoms. The van der Waals surface area contributed by atoms with Crippen LogP contribution in [0.1, 0.15) is 24.3 Å². The molecule has 0 bridgehead atoms. The third kappa shape index (κ3) is 2.66. The Balaban J connectivity index is 2.91. The molecule has 1 rings (SSSR count). The first-order valence-corrected chi connectivity index (χ1v) is 4.77. The third-order valence-corrected chi connectivity index (χ3v) is 2.21. The molecule has 0 fully saturated rings. The van der Waals surface area contributed by atoms with Gasteiger partial charge in [-0.05, 0) is 26.0 Å². The molecule has 0 aliphatic carbocycles. The maximum atomic E-state index is 11.8. The number of carbonyl (C=O) groups excluding carboxylic acids is 1. The highest BCUT2D eigenvalue weighted by atomic mass is 16.2. The summed E-state index contributed by atoms with van der Waals surface area (Å²) in [5, 5.41) is 0. The lowest BCUT2D eigenvalue weighted by molar-refractivity contribution is 0.0749. The van der Waals surface area contributed by atoms with Crippen molar-refractivity contribution < 1.29 is 4.79 Å². The van der Waals surface area contributed by atoms with Crippen molar-refractivity contribution >= 4 is 11.7 Å². The van der Waals surface area contributed by atoms with Crippen LogP contribution in [0.15, 0.2) is 18.2 Å². The minimum absolute atomic E-state index is 0.109. The van der Waals surface area contributed by atoms with E-state index in [1.54, 1.807) is 30.1 Å². The Morgan fingerprint density at radius 1 is 1.53 bits per heavy atom. The summed E-state index contributed by atoms with van der Waals surface area (Å²) in [6.07, 6.45) is 0. The number of carbonyl (C=O) groups is 1. The van der Waals surface area contributed by atoms with E-state index in [1.165, 1.54) is 0 Å². The summed E-state index contributed by atoms with van der Waals surface area (Å²) < 4.78 is 0. The number of anilines is 1. The van der Waals surface area contributed by atoms with Gasteiger partial charge in [0.2, 0.25) is 0 Å². The fraction of sp³-hybridized carbons (Fsp3) is 0.400. The minimum Gasteiger partial charge on any atom is -0.338 e. The number of hydrogen-bond acceptors (Lipinski definition) is 4. The second-order valence-electron chi connectivity index (χ2n) is 3.56. The topological polar surface area (TPSA) is 71.2 Å². The predicted octanol–water partition coefficient (Wildman–Crippen LogP) is 0.848. The van der Waals surface area contributed by atoms with Gasteiger partial charge in [0.1, 0.15) is 11.5 Å². The molecule has 0 radical (unpaired) electrons. The summed E-state index contributed by atoms with van der Waals surface area (Å²) in [7, 11) is 1.75. The van der Waals surface area contributed by atoms with E-state index >= 15 is 0 Å². The molecule has 15 heavy (non-hydrogen) atoms. The van der Waals surface area contributed by atoms with Gasteiger partial charge in [-0.3, -0.25) is 4.79 Å². The molecule has 1 aromatic heterocycles. The summed E-state index contributed by atoms with van der Waals surface area (Å²) >= 11 is 0. The van der Waals surface area contributed by atoms with E-state index in [4.69, 9.17) is 5.84 Å². The number of nitrogens with two attached hydrogens (primary N) is 1. The fourth-order valence-corrected chi connectivity index (χ4v) is 1.05. The Hall–Kier alpha value is -1.62. The van der Waals surface area contributed by atoms with Crippen LogP contribution in [0.4, 0.5) is 5.82 Å². The van der Waals surface area contributed by atoms with Crippen LogP contribution >= 0.6 is 0 Å².